The standard InChI is InChI=1S/C18H20O2/c1-3-14(2)18(19)20-17(15-10-6-4-7-11-15)16-12-8-5-9-13-16/h4-14,17H,3H2,1-2H3. The van der Waals surface area contributed by atoms with Crippen LogP contribution in [0.4, 0.5) is 0 Å². The second-order valence-corrected chi connectivity index (χ2v) is 4.95. The van der Waals surface area contributed by atoms with Crippen molar-refractivity contribution in [1.82, 2.24) is 0 Å². The minimum atomic E-state index is -0.334. The first kappa shape index (κ1) is 14.3. The molecule has 2 aromatic rings. The summed E-state index contributed by atoms with van der Waals surface area (Å²) in [6.45, 7) is 3.89. The first-order chi connectivity index (χ1) is 9.72. The first-order valence-electron chi connectivity index (χ1n) is 7.02. The van der Waals surface area contributed by atoms with Gasteiger partial charge in [0.15, 0.2) is 6.10 Å². The number of carbonyl (C=O) groups excluding carboxylic acids is 1. The lowest BCUT2D eigenvalue weighted by Gasteiger charge is -2.20. The van der Waals surface area contributed by atoms with E-state index in [0.717, 1.165) is 17.5 Å². The van der Waals surface area contributed by atoms with E-state index in [1.165, 1.54) is 0 Å². The molecule has 1 unspecified atom stereocenters. The van der Waals surface area contributed by atoms with E-state index >= 15 is 0 Å². The van der Waals surface area contributed by atoms with Crippen molar-refractivity contribution in [2.75, 3.05) is 0 Å². The van der Waals surface area contributed by atoms with E-state index in [2.05, 4.69) is 0 Å². The Morgan fingerprint density at radius 3 is 1.80 bits per heavy atom. The molecule has 0 radical (unpaired) electrons. The number of carbonyl (C=O) groups is 1. The largest absolute Gasteiger partial charge is 0.452 e. The Kier molecular flexibility index (Phi) is 4.94. The average molecular weight is 268 g/mol. The van der Waals surface area contributed by atoms with Gasteiger partial charge in [0.25, 0.3) is 0 Å². The summed E-state index contributed by atoms with van der Waals surface area (Å²) in [7, 11) is 0. The third-order valence-electron chi connectivity index (χ3n) is 3.45. The van der Waals surface area contributed by atoms with Crippen LogP contribution in [-0.4, -0.2) is 5.97 Å². The van der Waals surface area contributed by atoms with Crippen molar-refractivity contribution in [3.63, 3.8) is 0 Å². The zero-order valence-corrected chi connectivity index (χ0v) is 12.0. The Balaban J connectivity index is 2.28. The van der Waals surface area contributed by atoms with Crippen LogP contribution in [0, 0.1) is 5.92 Å². The van der Waals surface area contributed by atoms with E-state index in [9.17, 15) is 4.79 Å². The number of ether oxygens (including phenoxy) is 1. The van der Waals surface area contributed by atoms with Crippen LogP contribution < -0.4 is 0 Å². The maximum Gasteiger partial charge on any atom is 0.309 e. The normalized spacial score (nSPS) is 12.2. The number of rotatable bonds is 5. The van der Waals surface area contributed by atoms with Crippen molar-refractivity contribution >= 4 is 5.97 Å². The van der Waals surface area contributed by atoms with Crippen molar-refractivity contribution in [2.24, 2.45) is 5.92 Å². The minimum absolute atomic E-state index is 0.0788. The molecule has 0 aliphatic rings. The lowest BCUT2D eigenvalue weighted by Crippen LogP contribution is -2.18. The molecule has 104 valence electrons. The molecule has 0 bridgehead atoms. The van der Waals surface area contributed by atoms with Gasteiger partial charge < -0.3 is 4.74 Å². The Hall–Kier alpha value is -2.09. The molecule has 0 fully saturated rings. The Labute approximate surface area is 120 Å². The molecule has 0 amide bonds. The Morgan fingerprint density at radius 2 is 1.40 bits per heavy atom. The van der Waals surface area contributed by atoms with Crippen molar-refractivity contribution in [1.29, 1.82) is 0 Å². The molecule has 2 aromatic carbocycles. The monoisotopic (exact) mass is 268 g/mol. The molecular weight excluding hydrogens is 248 g/mol. The lowest BCUT2D eigenvalue weighted by molar-refractivity contribution is -0.152. The zero-order chi connectivity index (χ0) is 14.4. The summed E-state index contributed by atoms with van der Waals surface area (Å²) in [6, 6.07) is 19.7. The summed E-state index contributed by atoms with van der Waals surface area (Å²) >= 11 is 0. The molecule has 2 nitrogen and oxygen atoms in total. The van der Waals surface area contributed by atoms with Gasteiger partial charge in [0.05, 0.1) is 5.92 Å². The van der Waals surface area contributed by atoms with E-state index in [1.54, 1.807) is 0 Å². The van der Waals surface area contributed by atoms with Gasteiger partial charge >= 0.3 is 5.97 Å². The molecule has 20 heavy (non-hydrogen) atoms. The van der Waals surface area contributed by atoms with Crippen LogP contribution in [0.5, 0.6) is 0 Å². The highest BCUT2D eigenvalue weighted by Crippen LogP contribution is 2.27. The Morgan fingerprint density at radius 1 is 0.950 bits per heavy atom. The lowest BCUT2D eigenvalue weighted by atomic mass is 10.0. The van der Waals surface area contributed by atoms with Crippen LogP contribution in [-0.2, 0) is 9.53 Å². The van der Waals surface area contributed by atoms with Gasteiger partial charge in [-0.05, 0) is 17.5 Å². The van der Waals surface area contributed by atoms with Crippen LogP contribution in [0.1, 0.15) is 37.5 Å². The maximum atomic E-state index is 12.1. The summed E-state index contributed by atoms with van der Waals surface area (Å²) < 4.78 is 5.74. The van der Waals surface area contributed by atoms with E-state index in [4.69, 9.17) is 4.74 Å². The molecule has 0 aromatic heterocycles. The quantitative estimate of drug-likeness (QED) is 0.753. The second-order valence-electron chi connectivity index (χ2n) is 4.95. The topological polar surface area (TPSA) is 26.3 Å². The fourth-order valence-corrected chi connectivity index (χ4v) is 1.98. The molecule has 1 atom stereocenters. The molecule has 0 N–H and O–H groups in total. The van der Waals surface area contributed by atoms with Crippen LogP contribution >= 0.6 is 0 Å². The van der Waals surface area contributed by atoms with Gasteiger partial charge in [-0.15, -0.1) is 0 Å². The summed E-state index contributed by atoms with van der Waals surface area (Å²) in [5.41, 5.74) is 1.99. The molecule has 0 aliphatic carbocycles. The average Bonchev–Trinajstić information content (AvgIpc) is 2.53. The Bertz CT molecular complexity index is 494. The highest BCUT2D eigenvalue weighted by molar-refractivity contribution is 5.72. The third kappa shape index (κ3) is 3.47. The number of benzene rings is 2. The highest BCUT2D eigenvalue weighted by atomic mass is 16.5. The molecule has 2 rings (SSSR count). The van der Waals surface area contributed by atoms with Gasteiger partial charge in [-0.2, -0.15) is 0 Å². The summed E-state index contributed by atoms with van der Waals surface area (Å²) in [6.07, 6.45) is 0.452. The van der Waals surface area contributed by atoms with Gasteiger partial charge in [0.1, 0.15) is 0 Å². The number of hydrogen-bond acceptors (Lipinski definition) is 2. The van der Waals surface area contributed by atoms with Crippen LogP contribution in [0.25, 0.3) is 0 Å². The van der Waals surface area contributed by atoms with Crippen molar-refractivity contribution in [3.8, 4) is 0 Å². The van der Waals surface area contributed by atoms with Crippen LogP contribution in [0.2, 0.25) is 0 Å². The number of esters is 1. The first-order valence-corrected chi connectivity index (χ1v) is 7.02. The van der Waals surface area contributed by atoms with Crippen molar-refractivity contribution < 1.29 is 9.53 Å². The van der Waals surface area contributed by atoms with Gasteiger partial charge in [0.2, 0.25) is 0 Å². The highest BCUT2D eigenvalue weighted by Gasteiger charge is 2.21. The molecule has 0 heterocycles. The molecule has 2 heteroatoms. The van der Waals surface area contributed by atoms with Gasteiger partial charge in [0, 0.05) is 0 Å². The van der Waals surface area contributed by atoms with E-state index in [1.807, 2.05) is 74.5 Å². The van der Waals surface area contributed by atoms with Gasteiger partial charge in [-0.25, -0.2) is 0 Å². The predicted octanol–water partition coefficient (Wildman–Crippen LogP) is 4.37. The third-order valence-corrected chi connectivity index (χ3v) is 3.45. The smallest absolute Gasteiger partial charge is 0.309 e. The van der Waals surface area contributed by atoms with Gasteiger partial charge in [-0.3, -0.25) is 4.79 Å². The van der Waals surface area contributed by atoms with Crippen LogP contribution in [0.15, 0.2) is 60.7 Å². The van der Waals surface area contributed by atoms with Gasteiger partial charge in [-0.1, -0.05) is 74.5 Å². The molecular formula is C18H20O2. The SMILES string of the molecule is CCC(C)C(=O)OC(c1ccccc1)c1ccccc1. The molecule has 0 spiro atoms. The molecule has 0 saturated heterocycles. The van der Waals surface area contributed by atoms with Crippen LogP contribution in [0.3, 0.4) is 0 Å². The fourth-order valence-electron chi connectivity index (χ4n) is 1.98. The van der Waals surface area contributed by atoms with E-state index in [-0.39, 0.29) is 18.0 Å². The predicted molar refractivity (Wildman–Crippen MR) is 80.3 cm³/mol. The van der Waals surface area contributed by atoms with Crippen molar-refractivity contribution in [2.45, 2.75) is 26.4 Å². The van der Waals surface area contributed by atoms with E-state index < -0.39 is 0 Å². The second kappa shape index (κ2) is 6.90. The fraction of sp³-hybridized carbons (Fsp3) is 0.278. The molecule has 0 saturated carbocycles. The summed E-state index contributed by atoms with van der Waals surface area (Å²) in [5.74, 6) is -0.227. The minimum Gasteiger partial charge on any atom is -0.452 e. The summed E-state index contributed by atoms with van der Waals surface area (Å²) in [4.78, 5) is 12.1. The zero-order valence-electron chi connectivity index (χ0n) is 12.0. The van der Waals surface area contributed by atoms with Crippen molar-refractivity contribution in [3.05, 3.63) is 71.8 Å². The maximum absolute atomic E-state index is 12.1. The summed E-state index contributed by atoms with van der Waals surface area (Å²) in [5, 5.41) is 0. The number of hydrogen-bond donors (Lipinski definition) is 0. The van der Waals surface area contributed by atoms with E-state index in [0.29, 0.717) is 0 Å². The molecule has 0 aliphatic heterocycles.